The summed E-state index contributed by atoms with van der Waals surface area (Å²) >= 11 is 0. The van der Waals surface area contributed by atoms with Gasteiger partial charge in [-0.1, -0.05) is 0 Å². The molecular formula is C20H22FN3O3. The molecule has 1 saturated heterocycles. The molecule has 1 fully saturated rings. The molecule has 1 aromatic carbocycles. The summed E-state index contributed by atoms with van der Waals surface area (Å²) in [6.07, 6.45) is 1.64. The number of fused-ring (bicyclic) bond motifs is 1. The number of aryl methyl sites for hydroxylation is 1. The van der Waals surface area contributed by atoms with Gasteiger partial charge in [0, 0.05) is 36.2 Å². The standard InChI is InChI=1S/C20H22FN3O3/c1-13-19(15-11-14(21)4-5-16(15)23-13)20(25)22-12-17(18-3-2-8-27-18)24-6-9-26-10-7-24/h2-5,8,11,17,23H,6-7,9-10,12H2,1H3,(H,22,25). The number of ether oxygens (including phenoxy) is 1. The predicted molar refractivity (Wildman–Crippen MR) is 99.2 cm³/mol. The average Bonchev–Trinajstić information content (AvgIpc) is 3.30. The second-order valence-electron chi connectivity index (χ2n) is 6.70. The quantitative estimate of drug-likeness (QED) is 0.723. The van der Waals surface area contributed by atoms with E-state index < -0.39 is 0 Å². The monoisotopic (exact) mass is 371 g/mol. The molecule has 0 radical (unpaired) electrons. The number of morpholine rings is 1. The van der Waals surface area contributed by atoms with Gasteiger partial charge in [0.05, 0.1) is 31.1 Å². The van der Waals surface area contributed by atoms with Gasteiger partial charge < -0.3 is 19.5 Å². The number of nitrogens with zero attached hydrogens (tertiary/aromatic N) is 1. The molecule has 1 amide bonds. The van der Waals surface area contributed by atoms with E-state index in [-0.39, 0.29) is 17.8 Å². The fourth-order valence-electron chi connectivity index (χ4n) is 3.65. The number of carbonyl (C=O) groups excluding carboxylic acids is 1. The van der Waals surface area contributed by atoms with Gasteiger partial charge >= 0.3 is 0 Å². The fraction of sp³-hybridized carbons (Fsp3) is 0.350. The van der Waals surface area contributed by atoms with Crippen LogP contribution in [0.25, 0.3) is 10.9 Å². The lowest BCUT2D eigenvalue weighted by Gasteiger charge is -2.33. The van der Waals surface area contributed by atoms with Crippen LogP contribution >= 0.6 is 0 Å². The zero-order chi connectivity index (χ0) is 18.8. The molecule has 1 unspecified atom stereocenters. The van der Waals surface area contributed by atoms with Gasteiger partial charge in [-0.25, -0.2) is 4.39 Å². The maximum Gasteiger partial charge on any atom is 0.253 e. The number of amides is 1. The summed E-state index contributed by atoms with van der Waals surface area (Å²) in [4.78, 5) is 18.3. The van der Waals surface area contributed by atoms with Gasteiger partial charge in [0.2, 0.25) is 0 Å². The van der Waals surface area contributed by atoms with Crippen LogP contribution in [0.3, 0.4) is 0 Å². The minimum absolute atomic E-state index is 0.0740. The predicted octanol–water partition coefficient (Wildman–Crippen LogP) is 3.01. The van der Waals surface area contributed by atoms with E-state index in [1.807, 2.05) is 19.1 Å². The first kappa shape index (κ1) is 17.8. The number of aromatic nitrogens is 1. The Kier molecular flexibility index (Phi) is 4.96. The van der Waals surface area contributed by atoms with Gasteiger partial charge in [-0.15, -0.1) is 0 Å². The van der Waals surface area contributed by atoms with Crippen molar-refractivity contribution in [2.24, 2.45) is 0 Å². The highest BCUT2D eigenvalue weighted by atomic mass is 19.1. The van der Waals surface area contributed by atoms with Crippen LogP contribution in [0.2, 0.25) is 0 Å². The number of aromatic amines is 1. The summed E-state index contributed by atoms with van der Waals surface area (Å²) in [5.41, 5.74) is 1.94. The van der Waals surface area contributed by atoms with Crippen molar-refractivity contribution in [1.82, 2.24) is 15.2 Å². The molecule has 3 heterocycles. The highest BCUT2D eigenvalue weighted by molar-refractivity contribution is 6.08. The molecule has 1 atom stereocenters. The summed E-state index contributed by atoms with van der Waals surface area (Å²) in [5, 5.41) is 3.59. The number of rotatable bonds is 5. The normalized spacial score (nSPS) is 16.5. The first-order valence-electron chi connectivity index (χ1n) is 9.04. The molecule has 0 aliphatic carbocycles. The van der Waals surface area contributed by atoms with Crippen LogP contribution in [-0.4, -0.2) is 48.6 Å². The number of halogens is 1. The first-order valence-corrected chi connectivity index (χ1v) is 9.04. The molecule has 6 nitrogen and oxygen atoms in total. The number of H-pyrrole nitrogens is 1. The summed E-state index contributed by atoms with van der Waals surface area (Å²) in [5.74, 6) is 0.213. The van der Waals surface area contributed by atoms with E-state index in [9.17, 15) is 9.18 Å². The topological polar surface area (TPSA) is 70.5 Å². The maximum absolute atomic E-state index is 13.7. The second-order valence-corrected chi connectivity index (χ2v) is 6.70. The average molecular weight is 371 g/mol. The fourth-order valence-corrected chi connectivity index (χ4v) is 3.65. The minimum atomic E-state index is -0.364. The number of nitrogens with one attached hydrogen (secondary N) is 2. The van der Waals surface area contributed by atoms with E-state index in [0.717, 1.165) is 24.4 Å². The van der Waals surface area contributed by atoms with E-state index in [4.69, 9.17) is 9.15 Å². The van der Waals surface area contributed by atoms with Gasteiger partial charge in [-0.05, 0) is 37.3 Å². The Bertz CT molecular complexity index is 930. The smallest absolute Gasteiger partial charge is 0.253 e. The van der Waals surface area contributed by atoms with Crippen molar-refractivity contribution >= 4 is 16.8 Å². The Morgan fingerprint density at radius 3 is 2.89 bits per heavy atom. The molecule has 1 aliphatic rings. The number of hydrogen-bond acceptors (Lipinski definition) is 4. The lowest BCUT2D eigenvalue weighted by molar-refractivity contribution is 0.0118. The van der Waals surface area contributed by atoms with Crippen molar-refractivity contribution in [3.8, 4) is 0 Å². The van der Waals surface area contributed by atoms with Crippen molar-refractivity contribution in [3.05, 3.63) is 59.4 Å². The van der Waals surface area contributed by atoms with E-state index in [0.29, 0.717) is 36.4 Å². The summed E-state index contributed by atoms with van der Waals surface area (Å²) < 4.78 is 24.7. The van der Waals surface area contributed by atoms with E-state index in [1.165, 1.54) is 12.1 Å². The third-order valence-corrected chi connectivity index (χ3v) is 4.99. The molecule has 7 heteroatoms. The van der Waals surface area contributed by atoms with Crippen LogP contribution in [0.4, 0.5) is 4.39 Å². The Morgan fingerprint density at radius 2 is 2.15 bits per heavy atom. The number of carbonyl (C=O) groups is 1. The van der Waals surface area contributed by atoms with Crippen molar-refractivity contribution in [3.63, 3.8) is 0 Å². The molecule has 2 N–H and O–H groups in total. The third-order valence-electron chi connectivity index (χ3n) is 4.99. The number of furan rings is 1. The van der Waals surface area contributed by atoms with Crippen LogP contribution in [0.5, 0.6) is 0 Å². The van der Waals surface area contributed by atoms with Crippen LogP contribution in [-0.2, 0) is 4.74 Å². The van der Waals surface area contributed by atoms with Gasteiger partial charge in [0.25, 0.3) is 5.91 Å². The first-order chi connectivity index (χ1) is 13.1. The Hall–Kier alpha value is -2.64. The molecule has 0 saturated carbocycles. The Morgan fingerprint density at radius 1 is 1.33 bits per heavy atom. The van der Waals surface area contributed by atoms with E-state index in [2.05, 4.69) is 15.2 Å². The summed E-state index contributed by atoms with van der Waals surface area (Å²) in [6, 6.07) is 8.10. The third kappa shape index (κ3) is 3.61. The van der Waals surface area contributed by atoms with Gasteiger partial charge in [-0.3, -0.25) is 9.69 Å². The van der Waals surface area contributed by atoms with Crippen molar-refractivity contribution in [2.45, 2.75) is 13.0 Å². The molecule has 27 heavy (non-hydrogen) atoms. The van der Waals surface area contributed by atoms with Crippen LogP contribution in [0.15, 0.2) is 41.0 Å². The van der Waals surface area contributed by atoms with Crippen LogP contribution in [0.1, 0.15) is 27.9 Å². The van der Waals surface area contributed by atoms with Crippen molar-refractivity contribution in [2.75, 3.05) is 32.8 Å². The van der Waals surface area contributed by atoms with E-state index in [1.54, 1.807) is 12.3 Å². The molecule has 0 spiro atoms. The molecular weight excluding hydrogens is 349 g/mol. The lowest BCUT2D eigenvalue weighted by atomic mass is 10.1. The molecule has 142 valence electrons. The molecule has 1 aliphatic heterocycles. The summed E-state index contributed by atoms with van der Waals surface area (Å²) in [6.45, 7) is 5.08. The van der Waals surface area contributed by atoms with Gasteiger partial charge in [0.15, 0.2) is 0 Å². The van der Waals surface area contributed by atoms with Gasteiger partial charge in [-0.2, -0.15) is 0 Å². The highest BCUT2D eigenvalue weighted by Crippen LogP contribution is 2.25. The Labute approximate surface area is 156 Å². The molecule has 4 rings (SSSR count). The van der Waals surface area contributed by atoms with Crippen molar-refractivity contribution in [1.29, 1.82) is 0 Å². The van der Waals surface area contributed by atoms with Gasteiger partial charge in [0.1, 0.15) is 11.6 Å². The largest absolute Gasteiger partial charge is 0.468 e. The van der Waals surface area contributed by atoms with E-state index >= 15 is 0 Å². The lowest BCUT2D eigenvalue weighted by Crippen LogP contribution is -2.43. The summed E-state index contributed by atoms with van der Waals surface area (Å²) in [7, 11) is 0. The zero-order valence-electron chi connectivity index (χ0n) is 15.1. The van der Waals surface area contributed by atoms with Crippen molar-refractivity contribution < 1.29 is 18.3 Å². The number of benzene rings is 1. The molecule has 3 aromatic rings. The van der Waals surface area contributed by atoms with Crippen LogP contribution < -0.4 is 5.32 Å². The molecule has 0 bridgehead atoms. The Balaban J connectivity index is 1.55. The zero-order valence-corrected chi connectivity index (χ0v) is 15.1. The highest BCUT2D eigenvalue weighted by Gasteiger charge is 2.26. The maximum atomic E-state index is 13.7. The minimum Gasteiger partial charge on any atom is -0.468 e. The second kappa shape index (κ2) is 7.54. The number of hydrogen-bond donors (Lipinski definition) is 2. The SMILES string of the molecule is Cc1[nH]c2ccc(F)cc2c1C(=O)NCC(c1ccco1)N1CCOCC1. The van der Waals surface area contributed by atoms with Crippen LogP contribution in [0, 0.1) is 12.7 Å². The molecule has 2 aromatic heterocycles.